The van der Waals surface area contributed by atoms with Gasteiger partial charge in [-0.1, -0.05) is 27.4 Å². The van der Waals surface area contributed by atoms with Gasteiger partial charge in [-0.15, -0.1) is 11.3 Å². The number of hydrogen-bond donors (Lipinski definition) is 5. The number of morpholine rings is 1. The van der Waals surface area contributed by atoms with Crippen molar-refractivity contribution < 1.29 is 33.3 Å². The Morgan fingerprint density at radius 2 is 1.91 bits per heavy atom. The fourth-order valence-corrected chi connectivity index (χ4v) is 9.62. The van der Waals surface area contributed by atoms with E-state index in [9.17, 15) is 14.4 Å². The highest BCUT2D eigenvalue weighted by Crippen LogP contribution is 2.93. The van der Waals surface area contributed by atoms with Crippen molar-refractivity contribution in [2.45, 2.75) is 110 Å². The number of carbonyl (C=O) groups is 3. The van der Waals surface area contributed by atoms with Gasteiger partial charge < -0.3 is 51.3 Å². The summed E-state index contributed by atoms with van der Waals surface area (Å²) in [4.78, 5) is 46.6. The first-order valence-corrected chi connectivity index (χ1v) is 20.6. The number of benzene rings is 1. The van der Waals surface area contributed by atoms with Crippen LogP contribution in [0, 0.1) is 23.2 Å². The summed E-state index contributed by atoms with van der Waals surface area (Å²) >= 11 is 1.47. The van der Waals surface area contributed by atoms with E-state index in [0.29, 0.717) is 64.7 Å². The summed E-state index contributed by atoms with van der Waals surface area (Å²) in [5.41, 5.74) is 15.8. The van der Waals surface area contributed by atoms with Gasteiger partial charge >= 0.3 is 6.09 Å². The molecule has 304 valence electrons. The summed E-state index contributed by atoms with van der Waals surface area (Å²) in [5, 5.41) is 12.2. The van der Waals surface area contributed by atoms with Gasteiger partial charge in [-0.05, 0) is 86.5 Å². The number of hydrogen-bond acceptors (Lipinski definition) is 12. The molecule has 1 aromatic heterocycles. The normalized spacial score (nSPS) is 28.6. The fourth-order valence-electron chi connectivity index (χ4n) is 8.74. The zero-order valence-electron chi connectivity index (χ0n) is 33.4. The SMILES string of the molecule is C=C(/C=C(/OC1C[C@@H](C(N)=O)N(C(=O)[C@@H](NC(=O)OC2CC34CC3(C2)C4)C(C)(C)C)C1)c1ccc(OC[C@@H]2COCCN2)c(C)c1N)c1csc(NC(C)C)n1. The Morgan fingerprint density at radius 1 is 1.18 bits per heavy atom. The molecule has 3 heterocycles. The van der Waals surface area contributed by atoms with Crippen LogP contribution < -0.4 is 32.2 Å². The number of alkyl carbamates (subject to hydrolysis) is 1. The van der Waals surface area contributed by atoms with Crippen molar-refractivity contribution >= 4 is 51.4 Å². The highest BCUT2D eigenvalue weighted by molar-refractivity contribution is 7.13. The molecule has 7 rings (SSSR count). The second kappa shape index (κ2) is 15.2. The molecule has 0 radical (unpaired) electrons. The van der Waals surface area contributed by atoms with Gasteiger partial charge in [0, 0.05) is 41.2 Å². The molecular weight excluding hydrogens is 735 g/mol. The molecule has 1 unspecified atom stereocenters. The van der Waals surface area contributed by atoms with Gasteiger partial charge in [0.05, 0.1) is 31.5 Å². The number of likely N-dealkylation sites (tertiary alicyclic amines) is 1. The molecular formula is C41H57N7O7S. The van der Waals surface area contributed by atoms with E-state index in [2.05, 4.69) is 22.5 Å². The van der Waals surface area contributed by atoms with Crippen LogP contribution in [0.1, 0.15) is 83.5 Å². The average Bonchev–Trinajstić information content (AvgIpc) is 3.54. The number of ether oxygens (including phenoxy) is 4. The molecule has 5 aliphatic rings. The average molecular weight is 792 g/mol. The van der Waals surface area contributed by atoms with Gasteiger partial charge in [0.15, 0.2) is 5.13 Å². The van der Waals surface area contributed by atoms with E-state index in [0.717, 1.165) is 30.1 Å². The predicted octanol–water partition coefficient (Wildman–Crippen LogP) is 4.83. The lowest BCUT2D eigenvalue weighted by Gasteiger charge is -2.35. The first-order chi connectivity index (χ1) is 26.5. The summed E-state index contributed by atoms with van der Waals surface area (Å²) in [7, 11) is 0. The van der Waals surface area contributed by atoms with Crippen LogP contribution in [0.15, 0.2) is 30.2 Å². The quantitative estimate of drug-likeness (QED) is 0.100. The third kappa shape index (κ3) is 8.21. The van der Waals surface area contributed by atoms with E-state index in [1.54, 1.807) is 6.08 Å². The fraction of sp³-hybridized carbons (Fsp3) is 0.610. The maximum absolute atomic E-state index is 14.4. The van der Waals surface area contributed by atoms with Crippen molar-refractivity contribution in [2.75, 3.05) is 44.0 Å². The Labute approximate surface area is 333 Å². The Morgan fingerprint density at radius 3 is 2.55 bits per heavy atom. The highest BCUT2D eigenvalue weighted by Gasteiger charge is 2.86. The van der Waals surface area contributed by atoms with Crippen LogP contribution in [-0.2, 0) is 23.8 Å². The van der Waals surface area contributed by atoms with Crippen molar-refractivity contribution in [1.82, 2.24) is 20.5 Å². The number of carbonyl (C=O) groups excluding carboxylic acids is 3. The van der Waals surface area contributed by atoms with E-state index in [1.165, 1.54) is 29.1 Å². The monoisotopic (exact) mass is 791 g/mol. The van der Waals surface area contributed by atoms with Gasteiger partial charge in [0.25, 0.3) is 0 Å². The van der Waals surface area contributed by atoms with Gasteiger partial charge in [0.2, 0.25) is 11.8 Å². The number of aromatic nitrogens is 1. The number of nitrogens with two attached hydrogens (primary N) is 2. The van der Waals surface area contributed by atoms with Crippen LogP contribution in [0.25, 0.3) is 11.3 Å². The number of nitrogens with one attached hydrogen (secondary N) is 3. The maximum Gasteiger partial charge on any atom is 0.408 e. The summed E-state index contributed by atoms with van der Waals surface area (Å²) in [6.07, 6.45) is 4.74. The van der Waals surface area contributed by atoms with Gasteiger partial charge in [-0.2, -0.15) is 0 Å². The second-order valence-corrected chi connectivity index (χ2v) is 18.6. The number of anilines is 2. The van der Waals surface area contributed by atoms with E-state index in [4.69, 9.17) is 35.4 Å². The molecule has 0 spiro atoms. The number of rotatable bonds is 14. The number of amides is 3. The van der Waals surface area contributed by atoms with Crippen LogP contribution in [0.4, 0.5) is 15.6 Å². The Balaban J connectivity index is 1.11. The molecule has 1 aromatic carbocycles. The molecule has 3 aliphatic carbocycles. The van der Waals surface area contributed by atoms with Crippen LogP contribution >= 0.6 is 11.3 Å². The lowest BCUT2D eigenvalue weighted by atomic mass is 9.85. The molecule has 15 heteroatoms. The van der Waals surface area contributed by atoms with Crippen molar-refractivity contribution in [3.63, 3.8) is 0 Å². The first kappa shape index (κ1) is 39.9. The standard InChI is InChI=1S/C41H57N7O7S/c1-22(2)45-37-46-29(19-56-37)23(3)12-32(28-8-9-31(24(4)33(28)42)53-18-25-17-52-11-10-44-25)54-26-13-30(35(43)49)48(16-26)36(50)34(39(5,6)7)47-38(51)55-27-14-40-20-41(40,15-27)21-40/h8-9,12,19,22,25-27,30,34,44H,3,10-11,13-18,20-21,42H2,1-2,4-7H3,(H2,43,49)(H,45,46)(H,47,51)/b32-12+/t25-,26?,27?,30-,34+,40?,41?/m0/s1. The summed E-state index contributed by atoms with van der Waals surface area (Å²) in [6.45, 7) is 18.3. The highest BCUT2D eigenvalue weighted by atomic mass is 32.1. The molecule has 5 fully saturated rings. The minimum Gasteiger partial charge on any atom is -0.492 e. The molecule has 2 aliphatic heterocycles. The minimum atomic E-state index is -0.980. The number of nitrogen functional groups attached to an aromatic ring is 1. The van der Waals surface area contributed by atoms with Crippen LogP contribution in [0.3, 0.4) is 0 Å². The molecule has 2 aromatic rings. The van der Waals surface area contributed by atoms with Crippen molar-refractivity contribution in [3.8, 4) is 5.75 Å². The molecule has 0 bridgehead atoms. The van der Waals surface area contributed by atoms with Gasteiger partial charge in [-0.25, -0.2) is 9.78 Å². The van der Waals surface area contributed by atoms with E-state index in [1.807, 2.05) is 59.1 Å². The number of allylic oxidation sites excluding steroid dienone is 2. The molecule has 56 heavy (non-hydrogen) atoms. The van der Waals surface area contributed by atoms with Crippen LogP contribution in [0.2, 0.25) is 0 Å². The van der Waals surface area contributed by atoms with Gasteiger partial charge in [0.1, 0.15) is 42.4 Å². The Hall–Kier alpha value is -4.34. The minimum absolute atomic E-state index is 0.0446. The lowest BCUT2D eigenvalue weighted by Crippen LogP contribution is -2.57. The van der Waals surface area contributed by atoms with E-state index in [-0.39, 0.29) is 31.2 Å². The largest absolute Gasteiger partial charge is 0.492 e. The van der Waals surface area contributed by atoms with Crippen molar-refractivity contribution in [2.24, 2.45) is 22.0 Å². The first-order valence-electron chi connectivity index (χ1n) is 19.7. The van der Waals surface area contributed by atoms with E-state index >= 15 is 0 Å². The predicted molar refractivity (Wildman–Crippen MR) is 216 cm³/mol. The molecule has 7 N–H and O–H groups in total. The van der Waals surface area contributed by atoms with Gasteiger partial charge in [-0.3, -0.25) is 9.59 Å². The molecule has 4 atom stereocenters. The second-order valence-electron chi connectivity index (χ2n) is 17.7. The number of primary amides is 1. The summed E-state index contributed by atoms with van der Waals surface area (Å²) in [5.74, 6) is -0.0813. The number of nitrogens with zero attached hydrogens (tertiary/aromatic N) is 2. The zero-order valence-corrected chi connectivity index (χ0v) is 34.2. The third-order valence-corrected chi connectivity index (χ3v) is 12.8. The zero-order chi connectivity index (χ0) is 40.2. The third-order valence-electron chi connectivity index (χ3n) is 12.0. The molecule has 14 nitrogen and oxygen atoms in total. The smallest absolute Gasteiger partial charge is 0.408 e. The Kier molecular flexibility index (Phi) is 10.8. The summed E-state index contributed by atoms with van der Waals surface area (Å²) < 4.78 is 24.3. The maximum atomic E-state index is 14.4. The molecule has 2 saturated heterocycles. The Bertz CT molecular complexity index is 1880. The molecule has 3 amide bonds. The van der Waals surface area contributed by atoms with E-state index < -0.39 is 41.5 Å². The molecule has 3 saturated carbocycles. The summed E-state index contributed by atoms with van der Waals surface area (Å²) in [6, 6.07) is 2.00. The topological polar surface area (TPSA) is 192 Å². The van der Waals surface area contributed by atoms with Crippen molar-refractivity contribution in [1.29, 1.82) is 0 Å². The van der Waals surface area contributed by atoms with Crippen LogP contribution in [-0.4, -0.2) is 97.1 Å². The van der Waals surface area contributed by atoms with Crippen molar-refractivity contribution in [3.05, 3.63) is 47.0 Å². The lowest BCUT2D eigenvalue weighted by molar-refractivity contribution is -0.141. The van der Waals surface area contributed by atoms with Crippen LogP contribution in [0.5, 0.6) is 5.75 Å². The number of thiazole rings is 1.